The van der Waals surface area contributed by atoms with E-state index < -0.39 is 0 Å². The van der Waals surface area contributed by atoms with Crippen molar-refractivity contribution in [1.82, 2.24) is 0 Å². The van der Waals surface area contributed by atoms with Gasteiger partial charge in [0.15, 0.2) is 18.9 Å². The Morgan fingerprint density at radius 1 is 1.11 bits per heavy atom. The van der Waals surface area contributed by atoms with Gasteiger partial charge in [-0.25, -0.2) is 4.57 Å². The van der Waals surface area contributed by atoms with Crippen molar-refractivity contribution in [2.75, 3.05) is 13.7 Å². The summed E-state index contributed by atoms with van der Waals surface area (Å²) in [6, 6.07) is 12.1. The molecule has 1 heterocycles. The summed E-state index contributed by atoms with van der Waals surface area (Å²) in [4.78, 5) is 0. The predicted octanol–water partition coefficient (Wildman–Crippen LogP) is 2.11. The summed E-state index contributed by atoms with van der Waals surface area (Å²) < 4.78 is 7.39. The van der Waals surface area contributed by atoms with E-state index in [-0.39, 0.29) is 0 Å². The van der Waals surface area contributed by atoms with Crippen LogP contribution in [0.4, 0.5) is 0 Å². The molecule has 0 bridgehead atoms. The fourth-order valence-electron chi connectivity index (χ4n) is 1.87. The number of rotatable bonds is 5. The van der Waals surface area contributed by atoms with Crippen molar-refractivity contribution < 1.29 is 9.30 Å². The van der Waals surface area contributed by atoms with E-state index in [2.05, 4.69) is 28.9 Å². The molecule has 98 valence electrons. The van der Waals surface area contributed by atoms with Crippen LogP contribution in [0.1, 0.15) is 11.1 Å². The highest BCUT2D eigenvalue weighted by Gasteiger charge is 1.99. The standard InChI is InChI=1S/C16H19N2O/c1-19-16-5-3-2-4-15(16)7-6-14-8-11-18(12-9-14)13-10-17/h2-9,11-12H,10,13,17H2,1H3/q+1/b7-6+. The molecule has 0 radical (unpaired) electrons. The molecule has 0 saturated heterocycles. The molecule has 0 aliphatic carbocycles. The molecule has 0 amide bonds. The lowest BCUT2D eigenvalue weighted by atomic mass is 10.1. The first-order chi connectivity index (χ1) is 9.33. The Kier molecular flexibility index (Phi) is 4.70. The van der Waals surface area contributed by atoms with E-state index in [0.717, 1.165) is 23.4 Å². The van der Waals surface area contributed by atoms with Crippen LogP contribution in [0.3, 0.4) is 0 Å². The van der Waals surface area contributed by atoms with Crippen molar-refractivity contribution in [1.29, 1.82) is 0 Å². The normalized spacial score (nSPS) is 10.8. The number of nitrogens with two attached hydrogens (primary N) is 1. The summed E-state index contributed by atoms with van der Waals surface area (Å²) in [5.74, 6) is 0.882. The first-order valence-electron chi connectivity index (χ1n) is 6.34. The molecule has 0 spiro atoms. The van der Waals surface area contributed by atoms with Gasteiger partial charge >= 0.3 is 0 Å². The maximum absolute atomic E-state index is 5.52. The van der Waals surface area contributed by atoms with Crippen LogP contribution in [-0.4, -0.2) is 13.7 Å². The summed E-state index contributed by atoms with van der Waals surface area (Å²) in [5.41, 5.74) is 7.74. The van der Waals surface area contributed by atoms with Gasteiger partial charge in [0.1, 0.15) is 5.75 Å². The average molecular weight is 255 g/mol. The number of hydrogen-bond acceptors (Lipinski definition) is 2. The molecule has 0 saturated carbocycles. The van der Waals surface area contributed by atoms with Gasteiger partial charge in [-0.3, -0.25) is 0 Å². The van der Waals surface area contributed by atoms with Crippen LogP contribution in [-0.2, 0) is 6.54 Å². The molecule has 2 aromatic rings. The van der Waals surface area contributed by atoms with Crippen molar-refractivity contribution in [3.05, 3.63) is 59.9 Å². The van der Waals surface area contributed by atoms with Gasteiger partial charge in [-0.1, -0.05) is 30.4 Å². The van der Waals surface area contributed by atoms with Gasteiger partial charge in [-0.05, 0) is 11.6 Å². The maximum atomic E-state index is 5.52. The predicted molar refractivity (Wildman–Crippen MR) is 77.6 cm³/mol. The fourth-order valence-corrected chi connectivity index (χ4v) is 1.87. The van der Waals surface area contributed by atoms with Crippen LogP contribution in [0.25, 0.3) is 12.2 Å². The molecule has 2 rings (SSSR count). The molecular formula is C16H19N2O+. The number of hydrogen-bond donors (Lipinski definition) is 1. The number of aromatic nitrogens is 1. The lowest BCUT2D eigenvalue weighted by molar-refractivity contribution is -0.694. The zero-order valence-corrected chi connectivity index (χ0v) is 11.1. The third-order valence-electron chi connectivity index (χ3n) is 2.90. The van der Waals surface area contributed by atoms with Gasteiger partial charge in [0, 0.05) is 17.7 Å². The molecule has 0 aliphatic heterocycles. The largest absolute Gasteiger partial charge is 0.496 e. The minimum absolute atomic E-state index is 0.654. The number of nitrogens with zero attached hydrogens (tertiary/aromatic N) is 1. The number of methoxy groups -OCH3 is 1. The second-order valence-corrected chi connectivity index (χ2v) is 4.23. The molecule has 3 heteroatoms. The Balaban J connectivity index is 2.13. The van der Waals surface area contributed by atoms with Crippen molar-refractivity contribution in [3.63, 3.8) is 0 Å². The van der Waals surface area contributed by atoms with Crippen LogP contribution < -0.4 is 15.0 Å². The van der Waals surface area contributed by atoms with E-state index in [1.807, 2.05) is 36.7 Å². The molecule has 0 fully saturated rings. The summed E-state index contributed by atoms with van der Waals surface area (Å²) in [6.07, 6.45) is 8.20. The number of pyridine rings is 1. The van der Waals surface area contributed by atoms with Crippen molar-refractivity contribution >= 4 is 12.2 Å². The molecule has 0 aliphatic rings. The SMILES string of the molecule is COc1ccccc1/C=C/c1cc[n+](CCN)cc1. The first kappa shape index (κ1) is 13.3. The molecule has 1 aromatic heterocycles. The second-order valence-electron chi connectivity index (χ2n) is 4.23. The molecule has 0 atom stereocenters. The van der Waals surface area contributed by atoms with Crippen molar-refractivity contribution in [2.24, 2.45) is 5.73 Å². The fraction of sp³-hybridized carbons (Fsp3) is 0.188. The summed E-state index contributed by atoms with van der Waals surface area (Å²) in [5, 5.41) is 0. The number of benzene rings is 1. The van der Waals surface area contributed by atoms with Crippen LogP contribution in [0, 0.1) is 0 Å². The maximum Gasteiger partial charge on any atom is 0.169 e. The van der Waals surface area contributed by atoms with Gasteiger partial charge in [0.05, 0.1) is 13.7 Å². The first-order valence-corrected chi connectivity index (χ1v) is 6.34. The van der Waals surface area contributed by atoms with Gasteiger partial charge in [-0.2, -0.15) is 0 Å². The highest BCUT2D eigenvalue weighted by molar-refractivity contribution is 5.72. The van der Waals surface area contributed by atoms with Crippen molar-refractivity contribution in [3.8, 4) is 5.75 Å². The Morgan fingerprint density at radius 2 is 1.84 bits per heavy atom. The minimum Gasteiger partial charge on any atom is -0.496 e. The smallest absolute Gasteiger partial charge is 0.169 e. The van der Waals surface area contributed by atoms with Gasteiger partial charge in [-0.15, -0.1) is 0 Å². The van der Waals surface area contributed by atoms with E-state index in [0.29, 0.717) is 6.54 Å². The van der Waals surface area contributed by atoms with Crippen LogP contribution >= 0.6 is 0 Å². The third-order valence-corrected chi connectivity index (χ3v) is 2.90. The van der Waals surface area contributed by atoms with Crippen molar-refractivity contribution in [2.45, 2.75) is 6.54 Å². The molecule has 19 heavy (non-hydrogen) atoms. The molecular weight excluding hydrogens is 236 g/mol. The van der Waals surface area contributed by atoms with E-state index in [1.165, 1.54) is 0 Å². The Labute approximate surface area is 114 Å². The average Bonchev–Trinajstić information content (AvgIpc) is 2.47. The Hall–Kier alpha value is -2.13. The molecule has 0 unspecified atom stereocenters. The van der Waals surface area contributed by atoms with Gasteiger partial charge in [0.25, 0.3) is 0 Å². The second kappa shape index (κ2) is 6.71. The minimum atomic E-state index is 0.654. The zero-order chi connectivity index (χ0) is 13.5. The Morgan fingerprint density at radius 3 is 2.53 bits per heavy atom. The molecule has 2 N–H and O–H groups in total. The quantitative estimate of drug-likeness (QED) is 0.831. The highest BCUT2D eigenvalue weighted by Crippen LogP contribution is 2.19. The van der Waals surface area contributed by atoms with E-state index in [4.69, 9.17) is 10.5 Å². The topological polar surface area (TPSA) is 39.1 Å². The van der Waals surface area contributed by atoms with Crippen LogP contribution in [0.2, 0.25) is 0 Å². The Bertz CT molecular complexity index is 547. The summed E-state index contributed by atoms with van der Waals surface area (Å²) in [6.45, 7) is 1.50. The summed E-state index contributed by atoms with van der Waals surface area (Å²) in [7, 11) is 1.69. The number of ether oxygens (including phenoxy) is 1. The lowest BCUT2D eigenvalue weighted by Crippen LogP contribution is -2.36. The number of para-hydroxylation sites is 1. The monoisotopic (exact) mass is 255 g/mol. The van der Waals surface area contributed by atoms with Gasteiger partial charge in [0.2, 0.25) is 0 Å². The van der Waals surface area contributed by atoms with Crippen LogP contribution in [0.5, 0.6) is 5.75 Å². The summed E-state index contributed by atoms with van der Waals surface area (Å²) >= 11 is 0. The van der Waals surface area contributed by atoms with E-state index >= 15 is 0 Å². The van der Waals surface area contributed by atoms with Crippen LogP contribution in [0.15, 0.2) is 48.8 Å². The molecule has 3 nitrogen and oxygen atoms in total. The lowest BCUT2D eigenvalue weighted by Gasteiger charge is -2.03. The zero-order valence-electron chi connectivity index (χ0n) is 11.1. The third kappa shape index (κ3) is 3.66. The molecule has 1 aromatic carbocycles. The van der Waals surface area contributed by atoms with Gasteiger partial charge < -0.3 is 10.5 Å². The highest BCUT2D eigenvalue weighted by atomic mass is 16.5. The van der Waals surface area contributed by atoms with E-state index in [9.17, 15) is 0 Å². The van der Waals surface area contributed by atoms with E-state index in [1.54, 1.807) is 7.11 Å².